The number of hydrogen-bond donors (Lipinski definition) is 0. The van der Waals surface area contributed by atoms with E-state index in [1.165, 1.54) is 0 Å². The average Bonchev–Trinajstić information content (AvgIpc) is 3.61. The van der Waals surface area contributed by atoms with Crippen molar-refractivity contribution in [1.82, 2.24) is 0 Å². The van der Waals surface area contributed by atoms with Gasteiger partial charge in [0.2, 0.25) is 0 Å². The quantitative estimate of drug-likeness (QED) is 0.184. The monoisotopic (exact) mass is 618 g/mol. The van der Waals surface area contributed by atoms with Crippen molar-refractivity contribution in [2.75, 3.05) is 4.90 Å². The summed E-state index contributed by atoms with van der Waals surface area (Å²) in [5, 5.41) is 3.66. The highest BCUT2D eigenvalue weighted by Crippen LogP contribution is 2.46. The first kappa shape index (κ1) is 23.0. The van der Waals surface area contributed by atoms with Crippen molar-refractivity contribution in [3.8, 4) is 33.4 Å². The standard InChI is InChI=1S/C46H31NO/c1-4-12-32(13-5-1)34-22-27-38(28-23-34)47(39-29-24-35(25-30-39)33-14-6-2-7-15-33)42-21-10-18-37-26-31-43-45(44(37)42)41-20-11-19-40(46(41)48-43)36-16-8-3-9-17-36/h1-31H/i3D,8D,9D,16D,17D. The van der Waals surface area contributed by atoms with Crippen molar-refractivity contribution >= 4 is 49.8 Å². The van der Waals surface area contributed by atoms with Gasteiger partial charge >= 0.3 is 0 Å². The molecule has 1 heterocycles. The molecule has 0 saturated heterocycles. The molecule has 2 nitrogen and oxygen atoms in total. The number of anilines is 3. The fourth-order valence-electron chi connectivity index (χ4n) is 6.71. The SMILES string of the molecule is [2H]c1c([2H])c([2H])c(-c2cccc3c2oc2ccc4cccc(N(c5ccc(-c6ccccc6)cc5)c5ccc(-c6ccccc6)cc5)c4c23)c([2H])c1[2H]. The van der Waals surface area contributed by atoms with Crippen LogP contribution in [0.25, 0.3) is 66.1 Å². The van der Waals surface area contributed by atoms with Gasteiger partial charge in [0.05, 0.1) is 12.5 Å². The summed E-state index contributed by atoms with van der Waals surface area (Å²) in [6.45, 7) is 0. The van der Waals surface area contributed by atoms with Crippen molar-refractivity contribution in [2.24, 2.45) is 0 Å². The summed E-state index contributed by atoms with van der Waals surface area (Å²) in [5.41, 5.74) is 9.11. The lowest BCUT2D eigenvalue weighted by atomic mass is 9.98. The molecule has 48 heavy (non-hydrogen) atoms. The van der Waals surface area contributed by atoms with E-state index in [-0.39, 0.29) is 29.7 Å². The summed E-state index contributed by atoms with van der Waals surface area (Å²) in [5.74, 6) is 0. The van der Waals surface area contributed by atoms with Gasteiger partial charge in [0, 0.05) is 33.1 Å². The summed E-state index contributed by atoms with van der Waals surface area (Å²) < 4.78 is 48.8. The van der Waals surface area contributed by atoms with E-state index in [9.17, 15) is 0 Å². The van der Waals surface area contributed by atoms with Gasteiger partial charge in [-0.2, -0.15) is 0 Å². The first-order valence-electron chi connectivity index (χ1n) is 18.4. The molecule has 0 atom stereocenters. The second-order valence-corrected chi connectivity index (χ2v) is 11.8. The molecule has 8 aromatic carbocycles. The molecule has 0 fully saturated rings. The van der Waals surface area contributed by atoms with Gasteiger partial charge in [-0.25, -0.2) is 0 Å². The highest BCUT2D eigenvalue weighted by atomic mass is 16.3. The second-order valence-electron chi connectivity index (χ2n) is 11.8. The molecule has 0 aliphatic carbocycles. The van der Waals surface area contributed by atoms with E-state index in [0.29, 0.717) is 16.7 Å². The lowest BCUT2D eigenvalue weighted by molar-refractivity contribution is 0.670. The minimum atomic E-state index is -0.426. The molecule has 0 saturated carbocycles. The fourth-order valence-corrected chi connectivity index (χ4v) is 6.71. The van der Waals surface area contributed by atoms with E-state index in [1.54, 1.807) is 6.07 Å². The van der Waals surface area contributed by atoms with E-state index < -0.39 is 6.04 Å². The normalized spacial score (nSPS) is 12.8. The van der Waals surface area contributed by atoms with Gasteiger partial charge in [-0.1, -0.05) is 152 Å². The zero-order chi connectivity index (χ0) is 36.2. The number of rotatable bonds is 6. The smallest absolute Gasteiger partial charge is 0.143 e. The number of furan rings is 1. The molecule has 9 aromatic rings. The Balaban J connectivity index is 1.29. The van der Waals surface area contributed by atoms with E-state index in [2.05, 4.69) is 95.9 Å². The molecule has 0 aliphatic heterocycles. The Morgan fingerprint density at radius 3 is 1.65 bits per heavy atom. The second kappa shape index (κ2) is 11.8. The molecule has 226 valence electrons. The van der Waals surface area contributed by atoms with Crippen LogP contribution in [0.5, 0.6) is 0 Å². The van der Waals surface area contributed by atoms with E-state index in [0.717, 1.165) is 60.9 Å². The van der Waals surface area contributed by atoms with Gasteiger partial charge in [-0.15, -0.1) is 0 Å². The summed E-state index contributed by atoms with van der Waals surface area (Å²) in [4.78, 5) is 2.27. The van der Waals surface area contributed by atoms with Crippen molar-refractivity contribution in [1.29, 1.82) is 0 Å². The molecular weight excluding hydrogens is 583 g/mol. The van der Waals surface area contributed by atoms with Crippen LogP contribution in [-0.4, -0.2) is 0 Å². The maximum absolute atomic E-state index is 8.71. The van der Waals surface area contributed by atoms with Crippen LogP contribution >= 0.6 is 0 Å². The van der Waals surface area contributed by atoms with Crippen LogP contribution in [0.2, 0.25) is 0 Å². The predicted octanol–water partition coefficient (Wildman–Crippen LogP) is 13.2. The number of fused-ring (bicyclic) bond motifs is 5. The number of benzene rings is 8. The molecule has 0 bridgehead atoms. The Morgan fingerprint density at radius 2 is 1.02 bits per heavy atom. The largest absolute Gasteiger partial charge is 0.455 e. The molecule has 9 rings (SSSR count). The van der Waals surface area contributed by atoms with E-state index in [4.69, 9.17) is 11.3 Å². The lowest BCUT2D eigenvalue weighted by Gasteiger charge is -2.27. The molecule has 0 spiro atoms. The molecule has 0 aliphatic rings. The van der Waals surface area contributed by atoms with Crippen molar-refractivity contribution in [3.05, 3.63) is 188 Å². The van der Waals surface area contributed by atoms with Gasteiger partial charge in [0.1, 0.15) is 11.2 Å². The van der Waals surface area contributed by atoms with Crippen LogP contribution in [0.4, 0.5) is 17.1 Å². The van der Waals surface area contributed by atoms with E-state index >= 15 is 0 Å². The van der Waals surface area contributed by atoms with E-state index in [1.807, 2.05) is 60.7 Å². The van der Waals surface area contributed by atoms with Crippen molar-refractivity contribution in [3.63, 3.8) is 0 Å². The molecule has 0 unspecified atom stereocenters. The summed E-state index contributed by atoms with van der Waals surface area (Å²) >= 11 is 0. The van der Waals surface area contributed by atoms with Crippen LogP contribution in [-0.2, 0) is 0 Å². The molecule has 0 radical (unpaired) electrons. The minimum absolute atomic E-state index is 0.115. The third-order valence-corrected chi connectivity index (χ3v) is 8.96. The summed E-state index contributed by atoms with van der Waals surface area (Å²) in [6.07, 6.45) is 0. The third kappa shape index (κ3) is 4.83. The van der Waals surface area contributed by atoms with Crippen LogP contribution in [0.1, 0.15) is 6.85 Å². The zero-order valence-electron chi connectivity index (χ0n) is 30.9. The molecule has 1 aromatic heterocycles. The summed E-state index contributed by atoms with van der Waals surface area (Å²) in [6, 6.07) is 52.0. The zero-order valence-corrected chi connectivity index (χ0v) is 25.9. The van der Waals surface area contributed by atoms with Gasteiger partial charge < -0.3 is 9.32 Å². The molecule has 0 amide bonds. The van der Waals surface area contributed by atoms with Crippen LogP contribution in [0, 0.1) is 0 Å². The van der Waals surface area contributed by atoms with Crippen LogP contribution < -0.4 is 4.90 Å². The van der Waals surface area contributed by atoms with Crippen molar-refractivity contribution in [2.45, 2.75) is 0 Å². The van der Waals surface area contributed by atoms with Gasteiger partial charge in [0.15, 0.2) is 0 Å². The first-order valence-corrected chi connectivity index (χ1v) is 15.9. The van der Waals surface area contributed by atoms with Crippen LogP contribution in [0.15, 0.2) is 192 Å². The number of nitrogens with zero attached hydrogens (tertiary/aromatic N) is 1. The Morgan fingerprint density at radius 1 is 0.438 bits per heavy atom. The lowest BCUT2D eigenvalue weighted by Crippen LogP contribution is -2.10. The van der Waals surface area contributed by atoms with Gasteiger partial charge in [-0.05, 0) is 69.6 Å². The van der Waals surface area contributed by atoms with Crippen molar-refractivity contribution < 1.29 is 11.3 Å². The topological polar surface area (TPSA) is 16.4 Å². The maximum Gasteiger partial charge on any atom is 0.143 e. The Hall–Kier alpha value is -6.38. The Labute approximate surface area is 286 Å². The summed E-state index contributed by atoms with van der Waals surface area (Å²) in [7, 11) is 0. The minimum Gasteiger partial charge on any atom is -0.455 e. The fraction of sp³-hybridized carbons (Fsp3) is 0. The highest BCUT2D eigenvalue weighted by molar-refractivity contribution is 6.24. The molecular formula is C46H31NO. The first-order chi connectivity index (χ1) is 25.9. The average molecular weight is 619 g/mol. The number of para-hydroxylation sites is 1. The van der Waals surface area contributed by atoms with Crippen LogP contribution in [0.3, 0.4) is 0 Å². The Bertz CT molecular complexity index is 2700. The van der Waals surface area contributed by atoms with Gasteiger partial charge in [-0.3, -0.25) is 0 Å². The van der Waals surface area contributed by atoms with Gasteiger partial charge in [0.25, 0.3) is 0 Å². The molecule has 0 N–H and O–H groups in total. The molecule has 2 heteroatoms. The third-order valence-electron chi connectivity index (χ3n) is 8.96. The number of hydrogen-bond acceptors (Lipinski definition) is 2. The Kier molecular flexibility index (Phi) is 5.64. The maximum atomic E-state index is 8.71. The predicted molar refractivity (Wildman–Crippen MR) is 202 cm³/mol. The highest BCUT2D eigenvalue weighted by Gasteiger charge is 2.21.